The molecule has 0 saturated carbocycles. The van der Waals surface area contributed by atoms with Crippen LogP contribution in [-0.4, -0.2) is 33.5 Å². The molecule has 0 radical (unpaired) electrons. The van der Waals surface area contributed by atoms with Crippen molar-refractivity contribution in [3.05, 3.63) is 90.0 Å². The van der Waals surface area contributed by atoms with Gasteiger partial charge in [0.1, 0.15) is 0 Å². The second kappa shape index (κ2) is 7.25. The standard InChI is InChI=1S/C25H20N4O2/c1-15(24(26)30)13-29-14-21-18(8-5-9-19(21)25(29)31)17-10-11-22-20(12-17)23(28-27-22)16-6-3-2-4-7-16/h2-12H,1,13-14H2,(H2,26,30)(H,27,28). The second-order valence-corrected chi connectivity index (χ2v) is 7.66. The van der Waals surface area contributed by atoms with Crippen LogP contribution >= 0.6 is 0 Å². The van der Waals surface area contributed by atoms with Gasteiger partial charge in [0.25, 0.3) is 5.91 Å². The number of hydrogen-bond donors (Lipinski definition) is 2. The number of amides is 2. The first-order chi connectivity index (χ1) is 15.0. The number of nitrogens with zero attached hydrogens (tertiary/aromatic N) is 2. The highest BCUT2D eigenvalue weighted by Gasteiger charge is 2.30. The largest absolute Gasteiger partial charge is 0.366 e. The summed E-state index contributed by atoms with van der Waals surface area (Å²) in [6, 6.07) is 21.9. The molecule has 31 heavy (non-hydrogen) atoms. The van der Waals surface area contributed by atoms with Crippen LogP contribution in [0.5, 0.6) is 0 Å². The number of aromatic amines is 1. The molecular weight excluding hydrogens is 388 g/mol. The zero-order valence-corrected chi connectivity index (χ0v) is 16.8. The minimum absolute atomic E-state index is 0.117. The Morgan fingerprint density at radius 3 is 2.58 bits per heavy atom. The monoisotopic (exact) mass is 408 g/mol. The lowest BCUT2D eigenvalue weighted by molar-refractivity contribution is -0.114. The average molecular weight is 408 g/mol. The maximum atomic E-state index is 12.9. The lowest BCUT2D eigenvalue weighted by Crippen LogP contribution is -2.30. The summed E-state index contributed by atoms with van der Waals surface area (Å²) in [4.78, 5) is 25.8. The maximum Gasteiger partial charge on any atom is 0.254 e. The normalized spacial score (nSPS) is 12.9. The molecule has 3 aromatic carbocycles. The number of aromatic nitrogens is 2. The quantitative estimate of drug-likeness (QED) is 0.491. The predicted octanol–water partition coefficient (Wildman–Crippen LogP) is 3.89. The van der Waals surface area contributed by atoms with Gasteiger partial charge < -0.3 is 10.6 Å². The van der Waals surface area contributed by atoms with Gasteiger partial charge in [-0.05, 0) is 34.9 Å². The zero-order chi connectivity index (χ0) is 21.5. The number of fused-ring (bicyclic) bond motifs is 2. The number of benzene rings is 3. The number of rotatable bonds is 5. The Bertz CT molecular complexity index is 1350. The van der Waals surface area contributed by atoms with Gasteiger partial charge in [-0.2, -0.15) is 5.10 Å². The number of nitrogens with two attached hydrogens (primary N) is 1. The van der Waals surface area contributed by atoms with E-state index in [1.165, 1.54) is 0 Å². The van der Waals surface area contributed by atoms with Gasteiger partial charge in [-0.25, -0.2) is 0 Å². The molecule has 1 aliphatic rings. The molecule has 1 aromatic heterocycles. The van der Waals surface area contributed by atoms with Crippen LogP contribution < -0.4 is 5.73 Å². The van der Waals surface area contributed by atoms with Crippen molar-refractivity contribution in [3.8, 4) is 22.4 Å². The van der Waals surface area contributed by atoms with E-state index in [0.29, 0.717) is 12.1 Å². The molecule has 1 aliphatic heterocycles. The van der Waals surface area contributed by atoms with Crippen LogP contribution in [0.15, 0.2) is 78.9 Å². The van der Waals surface area contributed by atoms with E-state index in [1.54, 1.807) is 4.90 Å². The smallest absolute Gasteiger partial charge is 0.254 e. The minimum atomic E-state index is -0.595. The molecule has 6 heteroatoms. The van der Waals surface area contributed by atoms with Crippen molar-refractivity contribution < 1.29 is 9.59 Å². The van der Waals surface area contributed by atoms with Crippen LogP contribution in [0.1, 0.15) is 15.9 Å². The number of carbonyl (C=O) groups excluding carboxylic acids is 2. The first-order valence-corrected chi connectivity index (χ1v) is 9.95. The number of primary amides is 1. The van der Waals surface area contributed by atoms with Crippen molar-refractivity contribution in [2.45, 2.75) is 6.54 Å². The van der Waals surface area contributed by atoms with Crippen LogP contribution in [-0.2, 0) is 11.3 Å². The fourth-order valence-electron chi connectivity index (χ4n) is 4.09. The van der Waals surface area contributed by atoms with E-state index in [9.17, 15) is 9.59 Å². The Kier molecular flexibility index (Phi) is 4.40. The van der Waals surface area contributed by atoms with Gasteiger partial charge in [0.05, 0.1) is 17.8 Å². The predicted molar refractivity (Wildman–Crippen MR) is 120 cm³/mol. The lowest BCUT2D eigenvalue weighted by atomic mass is 9.95. The first kappa shape index (κ1) is 18.8. The van der Waals surface area contributed by atoms with Crippen molar-refractivity contribution >= 4 is 22.7 Å². The molecule has 5 rings (SSSR count). The molecule has 6 nitrogen and oxygen atoms in total. The van der Waals surface area contributed by atoms with E-state index in [1.807, 2.05) is 60.7 Å². The molecule has 2 amide bonds. The van der Waals surface area contributed by atoms with Gasteiger partial charge in [-0.3, -0.25) is 14.7 Å². The van der Waals surface area contributed by atoms with Gasteiger partial charge in [-0.1, -0.05) is 55.1 Å². The Labute approximate surface area is 179 Å². The van der Waals surface area contributed by atoms with Crippen LogP contribution in [0.25, 0.3) is 33.3 Å². The molecule has 0 saturated heterocycles. The lowest BCUT2D eigenvalue weighted by Gasteiger charge is -2.15. The van der Waals surface area contributed by atoms with Gasteiger partial charge in [0.15, 0.2) is 0 Å². The third-order valence-corrected chi connectivity index (χ3v) is 5.69. The third kappa shape index (κ3) is 3.18. The molecular formula is C25H20N4O2. The molecule has 0 atom stereocenters. The van der Waals surface area contributed by atoms with Crippen molar-refractivity contribution in [1.29, 1.82) is 0 Å². The fraction of sp³-hybridized carbons (Fsp3) is 0.0800. The van der Waals surface area contributed by atoms with E-state index >= 15 is 0 Å². The average Bonchev–Trinajstić information content (AvgIpc) is 3.35. The molecule has 4 aromatic rings. The molecule has 3 N–H and O–H groups in total. The van der Waals surface area contributed by atoms with E-state index in [0.717, 1.165) is 38.9 Å². The molecule has 0 fully saturated rings. The van der Waals surface area contributed by atoms with Gasteiger partial charge in [-0.15, -0.1) is 0 Å². The molecule has 152 valence electrons. The van der Waals surface area contributed by atoms with E-state index in [-0.39, 0.29) is 18.0 Å². The summed E-state index contributed by atoms with van der Waals surface area (Å²) in [5.74, 6) is -0.712. The Balaban J connectivity index is 1.57. The van der Waals surface area contributed by atoms with E-state index < -0.39 is 5.91 Å². The number of H-pyrrole nitrogens is 1. The topological polar surface area (TPSA) is 92.1 Å². The second-order valence-electron chi connectivity index (χ2n) is 7.66. The summed E-state index contributed by atoms with van der Waals surface area (Å²) >= 11 is 0. The Morgan fingerprint density at radius 2 is 1.81 bits per heavy atom. The molecule has 0 bridgehead atoms. The van der Waals surface area contributed by atoms with Crippen LogP contribution in [0.2, 0.25) is 0 Å². The van der Waals surface area contributed by atoms with Gasteiger partial charge in [0, 0.05) is 28.6 Å². The van der Waals surface area contributed by atoms with E-state index in [4.69, 9.17) is 5.73 Å². The third-order valence-electron chi connectivity index (χ3n) is 5.69. The SMILES string of the molecule is C=C(CN1Cc2c(cccc2-c2ccc3[nH]nc(-c4ccccc4)c3c2)C1=O)C(N)=O. The highest BCUT2D eigenvalue weighted by molar-refractivity contribution is 6.02. The van der Waals surface area contributed by atoms with Crippen molar-refractivity contribution in [2.24, 2.45) is 5.73 Å². The van der Waals surface area contributed by atoms with Crippen molar-refractivity contribution in [1.82, 2.24) is 15.1 Å². The molecule has 0 aliphatic carbocycles. The molecule has 0 spiro atoms. The van der Waals surface area contributed by atoms with Gasteiger partial charge in [0.2, 0.25) is 5.91 Å². The summed E-state index contributed by atoms with van der Waals surface area (Å²) in [6.07, 6.45) is 0. The summed E-state index contributed by atoms with van der Waals surface area (Å²) < 4.78 is 0. The fourth-order valence-corrected chi connectivity index (χ4v) is 4.09. The summed E-state index contributed by atoms with van der Waals surface area (Å²) in [6.45, 7) is 4.22. The number of carbonyl (C=O) groups is 2. The van der Waals surface area contributed by atoms with Crippen LogP contribution in [0.3, 0.4) is 0 Å². The van der Waals surface area contributed by atoms with Gasteiger partial charge >= 0.3 is 0 Å². The summed E-state index contributed by atoms with van der Waals surface area (Å²) in [5, 5.41) is 8.62. The van der Waals surface area contributed by atoms with Crippen LogP contribution in [0, 0.1) is 0 Å². The molecule has 0 unspecified atom stereocenters. The first-order valence-electron chi connectivity index (χ1n) is 9.95. The maximum absolute atomic E-state index is 12.9. The highest BCUT2D eigenvalue weighted by Crippen LogP contribution is 2.36. The zero-order valence-electron chi connectivity index (χ0n) is 16.8. The van der Waals surface area contributed by atoms with Crippen LogP contribution in [0.4, 0.5) is 0 Å². The number of nitrogens with one attached hydrogen (secondary N) is 1. The summed E-state index contributed by atoms with van der Waals surface area (Å²) in [7, 11) is 0. The van der Waals surface area contributed by atoms with Crippen molar-refractivity contribution in [2.75, 3.05) is 6.54 Å². The highest BCUT2D eigenvalue weighted by atomic mass is 16.2. The molecule has 2 heterocycles. The Morgan fingerprint density at radius 1 is 1.03 bits per heavy atom. The Hall–Kier alpha value is -4.19. The number of hydrogen-bond acceptors (Lipinski definition) is 3. The van der Waals surface area contributed by atoms with E-state index in [2.05, 4.69) is 22.8 Å². The summed E-state index contributed by atoms with van der Waals surface area (Å²) in [5.41, 5.74) is 12.0. The minimum Gasteiger partial charge on any atom is -0.366 e. The van der Waals surface area contributed by atoms with Crippen molar-refractivity contribution in [3.63, 3.8) is 0 Å².